The number of cyclic esters (lactones) is 1. The highest BCUT2D eigenvalue weighted by molar-refractivity contribution is 6.74. The van der Waals surface area contributed by atoms with Crippen molar-refractivity contribution in [2.75, 3.05) is 7.11 Å². The first-order chi connectivity index (χ1) is 13.5. The maximum atomic E-state index is 12.7. The van der Waals surface area contributed by atoms with Crippen LogP contribution in [0.1, 0.15) is 67.1 Å². The van der Waals surface area contributed by atoms with Crippen molar-refractivity contribution in [3.8, 4) is 11.5 Å². The molecule has 5 nitrogen and oxygen atoms in total. The molecule has 0 radical (unpaired) electrons. The zero-order valence-corrected chi connectivity index (χ0v) is 19.8. The third-order valence-electron chi connectivity index (χ3n) is 6.69. The van der Waals surface area contributed by atoms with E-state index in [4.69, 9.17) is 13.9 Å². The molecule has 0 amide bonds. The summed E-state index contributed by atoms with van der Waals surface area (Å²) in [4.78, 5) is 12.7. The van der Waals surface area contributed by atoms with Gasteiger partial charge in [0.1, 0.15) is 23.7 Å². The molecule has 0 aromatic heterocycles. The molecule has 0 bridgehead atoms. The number of carbonyl (C=O) groups is 1. The number of aliphatic hydroxyl groups is 1. The molecule has 1 aromatic rings. The summed E-state index contributed by atoms with van der Waals surface area (Å²) in [6, 6.07) is 0. The van der Waals surface area contributed by atoms with Crippen LogP contribution in [0.3, 0.4) is 0 Å². The molecule has 6 heteroatoms. The molecule has 1 atom stereocenters. The molecule has 1 heterocycles. The second-order valence-corrected chi connectivity index (χ2v) is 14.4. The number of ether oxygens (including phenoxy) is 2. The van der Waals surface area contributed by atoms with Crippen LogP contribution >= 0.6 is 0 Å². The molecule has 1 unspecified atom stereocenters. The van der Waals surface area contributed by atoms with Crippen molar-refractivity contribution >= 4 is 14.3 Å². The van der Waals surface area contributed by atoms with E-state index >= 15 is 0 Å². The summed E-state index contributed by atoms with van der Waals surface area (Å²) in [7, 11) is -0.613. The zero-order chi connectivity index (χ0) is 21.6. The third kappa shape index (κ3) is 3.97. The monoisotopic (exact) mass is 418 g/mol. The average molecular weight is 419 g/mol. The highest BCUT2D eigenvalue weighted by Gasteiger charge is 2.43. The third-order valence-corrected chi connectivity index (χ3v) is 11.0. The van der Waals surface area contributed by atoms with Crippen LogP contribution in [0.25, 0.3) is 0 Å². The van der Waals surface area contributed by atoms with Crippen molar-refractivity contribution in [3.05, 3.63) is 33.9 Å². The van der Waals surface area contributed by atoms with Crippen molar-refractivity contribution in [2.24, 2.45) is 0 Å². The van der Waals surface area contributed by atoms with Gasteiger partial charge in [-0.05, 0) is 55.5 Å². The highest BCUT2D eigenvalue weighted by Crippen LogP contribution is 2.47. The molecule has 1 aliphatic carbocycles. The Kier molecular flexibility index (Phi) is 5.89. The second kappa shape index (κ2) is 7.80. The van der Waals surface area contributed by atoms with Crippen molar-refractivity contribution in [2.45, 2.75) is 84.2 Å². The lowest BCUT2D eigenvalue weighted by Crippen LogP contribution is -2.44. The van der Waals surface area contributed by atoms with Gasteiger partial charge in [-0.15, -0.1) is 0 Å². The number of benzene rings is 1. The van der Waals surface area contributed by atoms with Crippen LogP contribution in [0, 0.1) is 6.92 Å². The number of carbonyl (C=O) groups excluding carboxylic acids is 1. The topological polar surface area (TPSA) is 65.0 Å². The van der Waals surface area contributed by atoms with E-state index in [9.17, 15) is 9.90 Å². The lowest BCUT2D eigenvalue weighted by atomic mass is 9.92. The Morgan fingerprint density at radius 2 is 1.97 bits per heavy atom. The Bertz CT molecular complexity index is 848. The molecule has 0 spiro atoms. The summed E-state index contributed by atoms with van der Waals surface area (Å²) >= 11 is 0. The van der Waals surface area contributed by atoms with Gasteiger partial charge in [0.2, 0.25) is 0 Å². The summed E-state index contributed by atoms with van der Waals surface area (Å²) < 4.78 is 17.8. The Balaban J connectivity index is 2.17. The Labute approximate surface area is 175 Å². The van der Waals surface area contributed by atoms with Crippen LogP contribution in [-0.2, 0) is 17.8 Å². The second-order valence-electron chi connectivity index (χ2n) is 9.65. The van der Waals surface area contributed by atoms with Crippen LogP contribution in [0.4, 0.5) is 0 Å². The van der Waals surface area contributed by atoms with Crippen LogP contribution in [0.2, 0.25) is 18.1 Å². The van der Waals surface area contributed by atoms with Gasteiger partial charge in [0, 0.05) is 17.5 Å². The Hall–Kier alpha value is -1.79. The molecule has 1 aromatic carbocycles. The molecule has 3 rings (SSSR count). The van der Waals surface area contributed by atoms with Crippen LogP contribution < -0.4 is 9.16 Å². The summed E-state index contributed by atoms with van der Waals surface area (Å²) in [5.74, 6) is 0.887. The van der Waals surface area contributed by atoms with Gasteiger partial charge in [-0.2, -0.15) is 0 Å². The minimum Gasteiger partial charge on any atom is -0.543 e. The van der Waals surface area contributed by atoms with E-state index < -0.39 is 14.4 Å². The summed E-state index contributed by atoms with van der Waals surface area (Å²) in [5, 5.41) is 10.9. The van der Waals surface area contributed by atoms with Crippen molar-refractivity contribution in [1.82, 2.24) is 0 Å². The number of allylic oxidation sites excluding steroid dienone is 1. The van der Waals surface area contributed by atoms with E-state index in [2.05, 4.69) is 39.9 Å². The number of methoxy groups -OCH3 is 1. The van der Waals surface area contributed by atoms with Gasteiger partial charge in [-0.3, -0.25) is 0 Å². The summed E-state index contributed by atoms with van der Waals surface area (Å²) in [6.07, 6.45) is 4.87. The average Bonchev–Trinajstić information content (AvgIpc) is 3.27. The van der Waals surface area contributed by atoms with E-state index in [1.807, 2.05) is 6.92 Å². The number of fused-ring (bicyclic) bond motifs is 1. The molecule has 1 N–H and O–H groups in total. The zero-order valence-electron chi connectivity index (χ0n) is 18.8. The number of aliphatic hydroxyl groups excluding tert-OH is 1. The molecule has 0 fully saturated rings. The fourth-order valence-electron chi connectivity index (χ4n) is 3.85. The van der Waals surface area contributed by atoms with Gasteiger partial charge in [0.15, 0.2) is 0 Å². The fraction of sp³-hybridized carbons (Fsp3) is 0.609. The molecule has 1 aliphatic heterocycles. The molecule has 0 saturated heterocycles. The molecule has 0 saturated carbocycles. The Morgan fingerprint density at radius 3 is 2.52 bits per heavy atom. The molecule has 29 heavy (non-hydrogen) atoms. The number of rotatable bonds is 6. The SMILES string of the molecule is COc1c(C)c2c(c(O[Si](C)(C)C(C)(C)C)c1CC(O)C1=CCCC1)C(=O)OC2. The lowest BCUT2D eigenvalue weighted by molar-refractivity contribution is 0.0533. The van der Waals surface area contributed by atoms with Crippen LogP contribution in [0.15, 0.2) is 11.6 Å². The fourth-order valence-corrected chi connectivity index (χ4v) is 4.90. The predicted molar refractivity (Wildman–Crippen MR) is 116 cm³/mol. The highest BCUT2D eigenvalue weighted by atomic mass is 28.4. The Morgan fingerprint density at radius 1 is 1.28 bits per heavy atom. The smallest absolute Gasteiger partial charge is 0.342 e. The van der Waals surface area contributed by atoms with Gasteiger partial charge in [-0.1, -0.05) is 26.8 Å². The summed E-state index contributed by atoms with van der Waals surface area (Å²) in [6.45, 7) is 13.0. The maximum Gasteiger partial charge on any atom is 0.342 e. The van der Waals surface area contributed by atoms with Crippen molar-refractivity contribution < 1.29 is 23.8 Å². The van der Waals surface area contributed by atoms with Crippen LogP contribution in [-0.4, -0.2) is 32.6 Å². The maximum absolute atomic E-state index is 12.7. The van der Waals surface area contributed by atoms with Crippen LogP contribution in [0.5, 0.6) is 11.5 Å². The quantitative estimate of drug-likeness (QED) is 0.397. The number of hydrogen-bond acceptors (Lipinski definition) is 5. The van der Waals surface area contributed by atoms with Gasteiger partial charge in [0.25, 0.3) is 8.32 Å². The van der Waals surface area contributed by atoms with E-state index in [0.717, 1.165) is 41.5 Å². The first-order valence-corrected chi connectivity index (χ1v) is 13.3. The van der Waals surface area contributed by atoms with E-state index in [1.54, 1.807) is 7.11 Å². The largest absolute Gasteiger partial charge is 0.543 e. The molecule has 160 valence electrons. The minimum absolute atomic E-state index is 0.0373. The van der Waals surface area contributed by atoms with Gasteiger partial charge >= 0.3 is 5.97 Å². The lowest BCUT2D eigenvalue weighted by Gasteiger charge is -2.38. The molecular formula is C23H34O5Si. The van der Waals surface area contributed by atoms with E-state index in [-0.39, 0.29) is 17.6 Å². The molecule has 2 aliphatic rings. The first kappa shape index (κ1) is 21.9. The summed E-state index contributed by atoms with van der Waals surface area (Å²) in [5.41, 5.74) is 4.06. The van der Waals surface area contributed by atoms with E-state index in [1.165, 1.54) is 0 Å². The van der Waals surface area contributed by atoms with Gasteiger partial charge in [0.05, 0.1) is 13.2 Å². The number of hydrogen-bond donors (Lipinski definition) is 1. The van der Waals surface area contributed by atoms with E-state index in [0.29, 0.717) is 23.5 Å². The number of esters is 1. The predicted octanol–water partition coefficient (Wildman–Crippen LogP) is 5.07. The van der Waals surface area contributed by atoms with Crippen molar-refractivity contribution in [1.29, 1.82) is 0 Å². The molecular weight excluding hydrogens is 384 g/mol. The standard InChI is InChI=1S/C23H34O5Si/c1-14-17-13-27-22(25)19(17)21(28-29(6,7)23(2,3)4)16(20(14)26-5)12-18(24)15-10-8-9-11-15/h10,18,24H,8-9,11-13H2,1-7H3. The van der Waals surface area contributed by atoms with Gasteiger partial charge < -0.3 is 19.0 Å². The first-order valence-electron chi connectivity index (χ1n) is 10.4. The normalized spacial score (nSPS) is 17.7. The minimum atomic E-state index is -2.24. The van der Waals surface area contributed by atoms with Gasteiger partial charge in [-0.25, -0.2) is 4.79 Å². The van der Waals surface area contributed by atoms with Crippen molar-refractivity contribution in [3.63, 3.8) is 0 Å².